The van der Waals surface area contributed by atoms with Crippen LogP contribution < -0.4 is 0 Å². The predicted molar refractivity (Wildman–Crippen MR) is 102 cm³/mol. The highest BCUT2D eigenvalue weighted by Gasteiger charge is 2.27. The molecular formula is C22H26O3. The van der Waals surface area contributed by atoms with Gasteiger partial charge in [-0.25, -0.2) is 4.79 Å². The molecule has 1 heterocycles. The number of benzene rings is 1. The Morgan fingerprint density at radius 2 is 2.12 bits per heavy atom. The minimum atomic E-state index is -0.970. The molecule has 1 aromatic carbocycles. The predicted octanol–water partition coefficient (Wildman–Crippen LogP) is 5.99. The second-order valence-corrected chi connectivity index (χ2v) is 7.65. The minimum Gasteiger partial charge on any atom is -0.478 e. The van der Waals surface area contributed by atoms with Crippen molar-refractivity contribution in [3.8, 4) is 0 Å². The van der Waals surface area contributed by atoms with Crippen molar-refractivity contribution in [3.63, 3.8) is 0 Å². The van der Waals surface area contributed by atoms with E-state index in [2.05, 4.69) is 26.8 Å². The Morgan fingerprint density at radius 3 is 2.84 bits per heavy atom. The monoisotopic (exact) mass is 338 g/mol. The second kappa shape index (κ2) is 6.91. The number of aryl methyl sites for hydroxylation is 1. The van der Waals surface area contributed by atoms with Crippen LogP contribution in [0.2, 0.25) is 0 Å². The first-order chi connectivity index (χ1) is 11.9. The van der Waals surface area contributed by atoms with E-state index >= 15 is 0 Å². The fourth-order valence-electron chi connectivity index (χ4n) is 4.08. The van der Waals surface area contributed by atoms with Crippen LogP contribution in [0.1, 0.15) is 57.8 Å². The summed E-state index contributed by atoms with van der Waals surface area (Å²) in [7, 11) is 0. The summed E-state index contributed by atoms with van der Waals surface area (Å²) in [6, 6.07) is 8.04. The van der Waals surface area contributed by atoms with Gasteiger partial charge in [0.2, 0.25) is 0 Å². The Morgan fingerprint density at radius 1 is 1.32 bits per heavy atom. The summed E-state index contributed by atoms with van der Waals surface area (Å²) >= 11 is 0. The zero-order valence-corrected chi connectivity index (χ0v) is 15.3. The summed E-state index contributed by atoms with van der Waals surface area (Å²) in [6.07, 6.45) is 8.44. The van der Waals surface area contributed by atoms with Gasteiger partial charge in [0.1, 0.15) is 11.3 Å². The van der Waals surface area contributed by atoms with Gasteiger partial charge in [0.15, 0.2) is 0 Å². The lowest BCUT2D eigenvalue weighted by Gasteiger charge is -2.34. The van der Waals surface area contributed by atoms with E-state index in [9.17, 15) is 4.79 Å². The molecule has 3 rings (SSSR count). The standard InChI is InChI=1S/C22H26O3/c1-15-6-5-13-22(2,3)19(15)11-9-16-7-4-8-20-18(16)14-17(25-20)10-12-21(23)24/h4,7-8,10,12,14H,5-6,9,11,13H2,1-3H3,(H,23,24)/b12-10+. The molecule has 0 atom stereocenters. The number of allylic oxidation sites excluding steroid dienone is 2. The van der Waals surface area contributed by atoms with Crippen LogP contribution >= 0.6 is 0 Å². The lowest BCUT2D eigenvalue weighted by molar-refractivity contribution is -0.131. The van der Waals surface area contributed by atoms with Crippen molar-refractivity contribution in [2.75, 3.05) is 0 Å². The highest BCUT2D eigenvalue weighted by Crippen LogP contribution is 2.42. The van der Waals surface area contributed by atoms with Gasteiger partial charge in [-0.15, -0.1) is 0 Å². The third-order valence-corrected chi connectivity index (χ3v) is 5.39. The van der Waals surface area contributed by atoms with Crippen LogP contribution in [0.15, 0.2) is 45.9 Å². The molecule has 0 bridgehead atoms. The van der Waals surface area contributed by atoms with Crippen molar-refractivity contribution in [2.24, 2.45) is 5.41 Å². The van der Waals surface area contributed by atoms with Crippen LogP contribution in [-0.2, 0) is 11.2 Å². The van der Waals surface area contributed by atoms with Crippen LogP contribution in [0.25, 0.3) is 17.0 Å². The fraction of sp³-hybridized carbons (Fsp3) is 0.409. The largest absolute Gasteiger partial charge is 0.478 e. The van der Waals surface area contributed by atoms with Crippen LogP contribution in [-0.4, -0.2) is 11.1 Å². The molecule has 0 saturated heterocycles. The maximum absolute atomic E-state index is 10.7. The quantitative estimate of drug-likeness (QED) is 0.538. The molecule has 0 fully saturated rings. The molecule has 132 valence electrons. The molecule has 25 heavy (non-hydrogen) atoms. The molecule has 0 amide bonds. The van der Waals surface area contributed by atoms with Crippen molar-refractivity contribution in [1.82, 2.24) is 0 Å². The van der Waals surface area contributed by atoms with E-state index in [0.717, 1.165) is 29.9 Å². The molecule has 3 nitrogen and oxygen atoms in total. The molecule has 1 aromatic heterocycles. The first-order valence-corrected chi connectivity index (χ1v) is 8.98. The Labute approximate surface area is 149 Å². The number of hydrogen-bond acceptors (Lipinski definition) is 2. The van der Waals surface area contributed by atoms with E-state index in [1.165, 1.54) is 30.9 Å². The van der Waals surface area contributed by atoms with Crippen LogP contribution in [0.5, 0.6) is 0 Å². The molecule has 0 unspecified atom stereocenters. The zero-order valence-electron chi connectivity index (χ0n) is 15.3. The molecule has 0 saturated carbocycles. The summed E-state index contributed by atoms with van der Waals surface area (Å²) in [6.45, 7) is 7.00. The molecule has 0 aliphatic heterocycles. The first kappa shape index (κ1) is 17.5. The van der Waals surface area contributed by atoms with Gasteiger partial charge in [0, 0.05) is 11.5 Å². The van der Waals surface area contributed by atoms with Crippen molar-refractivity contribution in [1.29, 1.82) is 0 Å². The fourth-order valence-corrected chi connectivity index (χ4v) is 4.08. The SMILES string of the molecule is CC1=C(CCc2cccc3oc(/C=C/C(=O)O)cc23)C(C)(C)CCC1. The van der Waals surface area contributed by atoms with E-state index in [0.29, 0.717) is 11.2 Å². The lowest BCUT2D eigenvalue weighted by atomic mass is 9.71. The maximum atomic E-state index is 10.7. The van der Waals surface area contributed by atoms with E-state index in [1.807, 2.05) is 18.2 Å². The van der Waals surface area contributed by atoms with E-state index in [1.54, 1.807) is 11.1 Å². The zero-order chi connectivity index (χ0) is 18.0. The average molecular weight is 338 g/mol. The average Bonchev–Trinajstić information content (AvgIpc) is 2.95. The van der Waals surface area contributed by atoms with Gasteiger partial charge in [-0.2, -0.15) is 0 Å². The second-order valence-electron chi connectivity index (χ2n) is 7.65. The summed E-state index contributed by atoms with van der Waals surface area (Å²) in [5, 5.41) is 9.86. The number of carboxylic acids is 1. The van der Waals surface area contributed by atoms with Gasteiger partial charge in [-0.3, -0.25) is 0 Å². The molecular weight excluding hydrogens is 312 g/mol. The molecule has 1 N–H and O–H groups in total. The number of hydrogen-bond donors (Lipinski definition) is 1. The lowest BCUT2D eigenvalue weighted by Crippen LogP contribution is -2.20. The Bertz CT molecular complexity index is 849. The molecule has 3 heteroatoms. The summed E-state index contributed by atoms with van der Waals surface area (Å²) < 4.78 is 5.75. The van der Waals surface area contributed by atoms with Gasteiger partial charge in [0.05, 0.1) is 0 Å². The van der Waals surface area contributed by atoms with Gasteiger partial charge in [-0.1, -0.05) is 37.1 Å². The summed E-state index contributed by atoms with van der Waals surface area (Å²) in [4.78, 5) is 10.7. The van der Waals surface area contributed by atoms with Crippen molar-refractivity contribution >= 4 is 23.0 Å². The van der Waals surface area contributed by atoms with Crippen molar-refractivity contribution in [2.45, 2.75) is 52.9 Å². The van der Waals surface area contributed by atoms with Gasteiger partial charge < -0.3 is 9.52 Å². The Balaban J connectivity index is 1.85. The topological polar surface area (TPSA) is 50.4 Å². The number of carboxylic acid groups (broad SMARTS) is 1. The number of fused-ring (bicyclic) bond motifs is 1. The van der Waals surface area contributed by atoms with Crippen LogP contribution in [0.3, 0.4) is 0 Å². The molecule has 0 spiro atoms. The molecule has 0 radical (unpaired) electrons. The normalized spacial score (nSPS) is 17.6. The number of aliphatic carboxylic acids is 1. The van der Waals surface area contributed by atoms with Gasteiger partial charge in [-0.05, 0) is 68.2 Å². The maximum Gasteiger partial charge on any atom is 0.328 e. The van der Waals surface area contributed by atoms with Crippen molar-refractivity contribution in [3.05, 3.63) is 52.8 Å². The van der Waals surface area contributed by atoms with Crippen LogP contribution in [0, 0.1) is 5.41 Å². The number of carbonyl (C=O) groups is 1. The van der Waals surface area contributed by atoms with Crippen molar-refractivity contribution < 1.29 is 14.3 Å². The van der Waals surface area contributed by atoms with E-state index in [-0.39, 0.29) is 0 Å². The third-order valence-electron chi connectivity index (χ3n) is 5.39. The van der Waals surface area contributed by atoms with Crippen LogP contribution in [0.4, 0.5) is 0 Å². The molecule has 1 aliphatic rings. The summed E-state index contributed by atoms with van der Waals surface area (Å²) in [5.41, 5.74) is 5.53. The van der Waals surface area contributed by atoms with E-state index in [4.69, 9.17) is 9.52 Å². The highest BCUT2D eigenvalue weighted by atomic mass is 16.4. The van der Waals surface area contributed by atoms with Gasteiger partial charge in [0.25, 0.3) is 0 Å². The number of rotatable bonds is 5. The minimum absolute atomic E-state index is 0.294. The summed E-state index contributed by atoms with van der Waals surface area (Å²) in [5.74, 6) is -0.388. The smallest absolute Gasteiger partial charge is 0.328 e. The highest BCUT2D eigenvalue weighted by molar-refractivity contribution is 5.87. The van der Waals surface area contributed by atoms with E-state index < -0.39 is 5.97 Å². The molecule has 1 aliphatic carbocycles. The number of furan rings is 1. The Hall–Kier alpha value is -2.29. The molecule has 2 aromatic rings. The van der Waals surface area contributed by atoms with Gasteiger partial charge >= 0.3 is 5.97 Å². The third kappa shape index (κ3) is 3.87. The Kier molecular flexibility index (Phi) is 4.85. The first-order valence-electron chi connectivity index (χ1n) is 8.98.